The number of aryl methyl sites for hydroxylation is 2. The summed E-state index contributed by atoms with van der Waals surface area (Å²) >= 11 is 5.39. The highest BCUT2D eigenvalue weighted by Crippen LogP contribution is 2.32. The van der Waals surface area contributed by atoms with E-state index in [0.29, 0.717) is 0 Å². The van der Waals surface area contributed by atoms with Crippen LogP contribution in [0.3, 0.4) is 0 Å². The van der Waals surface area contributed by atoms with E-state index in [9.17, 15) is 13.2 Å². The van der Waals surface area contributed by atoms with Crippen molar-refractivity contribution in [1.82, 2.24) is 14.8 Å². The third kappa shape index (κ3) is 4.62. The molecule has 0 fully saturated rings. The van der Waals surface area contributed by atoms with Gasteiger partial charge in [-0.05, 0) is 18.6 Å². The van der Waals surface area contributed by atoms with Crippen LogP contribution in [0.1, 0.15) is 11.3 Å². The summed E-state index contributed by atoms with van der Waals surface area (Å²) in [4.78, 5) is 4.07. The first-order valence-corrected chi connectivity index (χ1v) is 6.89. The smallest absolute Gasteiger partial charge is 0.435 e. The molecule has 0 aliphatic heterocycles. The third-order valence-corrected chi connectivity index (χ3v) is 2.85. The molecule has 2 rings (SSSR count). The molecule has 124 valence electrons. The van der Waals surface area contributed by atoms with E-state index in [1.807, 2.05) is 0 Å². The van der Waals surface area contributed by atoms with Gasteiger partial charge < -0.3 is 9.47 Å². The van der Waals surface area contributed by atoms with Crippen molar-refractivity contribution in [2.24, 2.45) is 7.05 Å². The van der Waals surface area contributed by atoms with Crippen LogP contribution in [0.2, 0.25) is 0 Å². The van der Waals surface area contributed by atoms with Crippen molar-refractivity contribution in [3.05, 3.63) is 41.1 Å². The fourth-order valence-electron chi connectivity index (χ4n) is 1.69. The van der Waals surface area contributed by atoms with E-state index >= 15 is 0 Å². The molecule has 2 aromatic rings. The molecule has 2 aromatic heterocycles. The maximum Gasteiger partial charge on any atom is 0.435 e. The van der Waals surface area contributed by atoms with Crippen LogP contribution in [0, 0.1) is 6.92 Å². The van der Waals surface area contributed by atoms with Crippen LogP contribution in [0.15, 0.2) is 29.8 Å². The first-order chi connectivity index (χ1) is 10.8. The van der Waals surface area contributed by atoms with Crippen molar-refractivity contribution in [2.45, 2.75) is 13.1 Å². The average Bonchev–Trinajstić information content (AvgIpc) is 2.80. The lowest BCUT2D eigenvalue weighted by atomic mass is 10.3. The number of aromatic nitrogens is 3. The predicted octanol–water partition coefficient (Wildman–Crippen LogP) is 4.07. The zero-order valence-electron chi connectivity index (χ0n) is 12.3. The zero-order chi connectivity index (χ0) is 17.0. The summed E-state index contributed by atoms with van der Waals surface area (Å²) in [5, 5.41) is 3.37. The van der Waals surface area contributed by atoms with E-state index in [1.54, 1.807) is 25.1 Å². The summed E-state index contributed by atoms with van der Waals surface area (Å²) in [6.07, 6.45) is -2.97. The van der Waals surface area contributed by atoms with Crippen LogP contribution in [-0.4, -0.2) is 21.4 Å². The Labute approximate surface area is 135 Å². The Morgan fingerprint density at radius 3 is 2.57 bits per heavy atom. The molecule has 0 aliphatic rings. The van der Waals surface area contributed by atoms with Gasteiger partial charge in [-0.2, -0.15) is 23.3 Å². The van der Waals surface area contributed by atoms with Crippen LogP contribution in [-0.2, 0) is 13.2 Å². The van der Waals surface area contributed by atoms with Gasteiger partial charge in [-0.15, -0.1) is 0 Å². The summed E-state index contributed by atoms with van der Waals surface area (Å²) in [7, 11) is 1.35. The topological polar surface area (TPSA) is 49.2 Å². The number of pyridine rings is 1. The minimum absolute atomic E-state index is 0.0815. The molecular weight excluding hydrogens is 335 g/mol. The van der Waals surface area contributed by atoms with Crippen LogP contribution in [0.4, 0.5) is 13.2 Å². The average molecular weight is 348 g/mol. The number of alkyl halides is 3. The summed E-state index contributed by atoms with van der Waals surface area (Å²) in [6, 6.07) is 4.05. The van der Waals surface area contributed by atoms with E-state index in [2.05, 4.69) is 10.1 Å². The number of rotatable bonds is 5. The van der Waals surface area contributed by atoms with Crippen LogP contribution >= 0.6 is 11.6 Å². The Morgan fingerprint density at radius 2 is 1.96 bits per heavy atom. The molecule has 0 aliphatic carbocycles. The van der Waals surface area contributed by atoms with Gasteiger partial charge in [0.2, 0.25) is 17.6 Å². The van der Waals surface area contributed by atoms with E-state index in [0.717, 1.165) is 16.3 Å². The number of nitrogens with zero attached hydrogens (tertiary/aromatic N) is 3. The lowest BCUT2D eigenvalue weighted by molar-refractivity contribution is -0.141. The number of hydrogen-bond acceptors (Lipinski definition) is 4. The SMILES string of the molecule is Cc1cc(OCC=CCl)nc(Oc2cc(C(F)(F)F)nn2C)c1. The minimum atomic E-state index is -4.54. The van der Waals surface area contributed by atoms with Gasteiger partial charge in [0, 0.05) is 30.8 Å². The fourth-order valence-corrected chi connectivity index (χ4v) is 1.76. The van der Waals surface area contributed by atoms with Gasteiger partial charge in [0.1, 0.15) is 6.61 Å². The second kappa shape index (κ2) is 6.91. The Balaban J connectivity index is 2.21. The number of hydrogen-bond donors (Lipinski definition) is 0. The predicted molar refractivity (Wildman–Crippen MR) is 77.7 cm³/mol. The second-order valence-electron chi connectivity index (χ2n) is 4.58. The molecule has 0 atom stereocenters. The molecule has 0 radical (unpaired) electrons. The lowest BCUT2D eigenvalue weighted by Gasteiger charge is -2.08. The highest BCUT2D eigenvalue weighted by Gasteiger charge is 2.35. The zero-order valence-corrected chi connectivity index (χ0v) is 13.0. The summed E-state index contributed by atoms with van der Waals surface area (Å²) < 4.78 is 49.6. The molecule has 23 heavy (non-hydrogen) atoms. The maximum atomic E-state index is 12.6. The second-order valence-corrected chi connectivity index (χ2v) is 4.84. The Hall–Kier alpha value is -2.22. The van der Waals surface area contributed by atoms with Crippen LogP contribution in [0.25, 0.3) is 0 Å². The quantitative estimate of drug-likeness (QED) is 0.818. The van der Waals surface area contributed by atoms with Gasteiger partial charge in [0.15, 0.2) is 5.69 Å². The Bertz CT molecular complexity index is 714. The molecule has 0 bridgehead atoms. The molecule has 0 amide bonds. The lowest BCUT2D eigenvalue weighted by Crippen LogP contribution is -2.06. The number of halogens is 4. The monoisotopic (exact) mass is 347 g/mol. The first kappa shape index (κ1) is 17.1. The fraction of sp³-hybridized carbons (Fsp3) is 0.286. The van der Waals surface area contributed by atoms with Gasteiger partial charge in [0.25, 0.3) is 0 Å². The van der Waals surface area contributed by atoms with E-state index in [-0.39, 0.29) is 24.2 Å². The molecule has 0 N–H and O–H groups in total. The number of ether oxygens (including phenoxy) is 2. The Morgan fingerprint density at radius 1 is 1.26 bits per heavy atom. The summed E-state index contributed by atoms with van der Waals surface area (Å²) in [5.41, 5.74) is 1.05. The van der Waals surface area contributed by atoms with E-state index in [4.69, 9.17) is 21.1 Å². The minimum Gasteiger partial charge on any atom is -0.473 e. The van der Waals surface area contributed by atoms with E-state index in [1.165, 1.54) is 12.6 Å². The van der Waals surface area contributed by atoms with Crippen molar-refractivity contribution in [3.63, 3.8) is 0 Å². The molecule has 0 unspecified atom stereocenters. The van der Waals surface area contributed by atoms with Gasteiger partial charge in [-0.3, -0.25) is 0 Å². The maximum absolute atomic E-state index is 12.6. The van der Waals surface area contributed by atoms with Crippen molar-refractivity contribution in [2.75, 3.05) is 6.61 Å². The molecule has 5 nitrogen and oxygen atoms in total. The van der Waals surface area contributed by atoms with Crippen molar-refractivity contribution in [3.8, 4) is 17.6 Å². The van der Waals surface area contributed by atoms with Gasteiger partial charge >= 0.3 is 6.18 Å². The normalized spacial score (nSPS) is 11.9. The molecular formula is C14H13ClF3N3O2. The molecule has 2 heterocycles. The highest BCUT2D eigenvalue weighted by atomic mass is 35.5. The summed E-state index contributed by atoms with van der Waals surface area (Å²) in [5.74, 6) is 0.293. The summed E-state index contributed by atoms with van der Waals surface area (Å²) in [6.45, 7) is 1.99. The molecule has 0 saturated heterocycles. The Kier molecular flexibility index (Phi) is 5.15. The highest BCUT2D eigenvalue weighted by molar-refractivity contribution is 6.25. The molecule has 9 heteroatoms. The van der Waals surface area contributed by atoms with Gasteiger partial charge in [-0.25, -0.2) is 4.68 Å². The van der Waals surface area contributed by atoms with Gasteiger partial charge in [-0.1, -0.05) is 11.6 Å². The largest absolute Gasteiger partial charge is 0.473 e. The van der Waals surface area contributed by atoms with Crippen molar-refractivity contribution < 1.29 is 22.6 Å². The molecule has 0 saturated carbocycles. The van der Waals surface area contributed by atoms with Crippen LogP contribution in [0.5, 0.6) is 17.6 Å². The van der Waals surface area contributed by atoms with Crippen LogP contribution < -0.4 is 9.47 Å². The van der Waals surface area contributed by atoms with Crippen molar-refractivity contribution in [1.29, 1.82) is 0 Å². The molecule has 0 aromatic carbocycles. The van der Waals surface area contributed by atoms with Crippen molar-refractivity contribution >= 4 is 11.6 Å². The van der Waals surface area contributed by atoms with Gasteiger partial charge in [0.05, 0.1) is 0 Å². The van der Waals surface area contributed by atoms with E-state index < -0.39 is 11.9 Å². The third-order valence-electron chi connectivity index (χ3n) is 2.68. The standard InChI is InChI=1S/C14H13ClF3N3O2/c1-9-6-11(22-5-3-4-15)19-12(7-9)23-13-8-10(14(16,17)18)20-21(13)2/h3-4,6-8H,5H2,1-2H3. The first-order valence-electron chi connectivity index (χ1n) is 6.45. The molecule has 0 spiro atoms.